The number of halogens is 3. The van der Waals surface area contributed by atoms with Crippen molar-refractivity contribution in [2.45, 2.75) is 52.5 Å². The summed E-state index contributed by atoms with van der Waals surface area (Å²) in [5, 5.41) is 8.06. The van der Waals surface area contributed by atoms with Crippen molar-refractivity contribution in [3.05, 3.63) is 0 Å². The highest BCUT2D eigenvalue weighted by Gasteiger charge is 2.26. The van der Waals surface area contributed by atoms with Gasteiger partial charge in [0.25, 0.3) is 0 Å². The lowest BCUT2D eigenvalue weighted by molar-refractivity contribution is -0.147. The Labute approximate surface area is 83.1 Å². The maximum Gasteiger partial charge on any atom is 0.391 e. The smallest absolute Gasteiger partial charge is 0.391 e. The summed E-state index contributed by atoms with van der Waals surface area (Å²) < 4.78 is 39.0. The van der Waals surface area contributed by atoms with E-state index in [0.29, 0.717) is 0 Å². The molecule has 0 bridgehead atoms. The lowest BCUT2D eigenvalue weighted by Crippen LogP contribution is -2.14. The third-order valence-electron chi connectivity index (χ3n) is 0.837. The molecule has 0 aliphatic carbocycles. The van der Waals surface area contributed by atoms with Crippen molar-refractivity contribution in [2.75, 3.05) is 6.61 Å². The molecule has 0 radical (unpaired) electrons. The Hall–Kier alpha value is -0.290. The largest absolute Gasteiger partial charge is 0.394 e. The van der Waals surface area contributed by atoms with Gasteiger partial charge in [-0.3, -0.25) is 0 Å². The summed E-state index contributed by atoms with van der Waals surface area (Å²) in [7, 11) is 0. The fraction of sp³-hybridized carbons (Fsp3) is 1.00. The molecule has 0 spiro atoms. The molecule has 88 valence electrons. The average molecular weight is 216 g/mol. The molecule has 0 saturated carbocycles. The van der Waals surface area contributed by atoms with Gasteiger partial charge in [0.05, 0.1) is 19.1 Å². The first-order chi connectivity index (χ1) is 6.15. The highest BCUT2D eigenvalue weighted by Crippen LogP contribution is 2.19. The molecule has 0 aromatic heterocycles. The quantitative estimate of drug-likeness (QED) is 0.786. The normalized spacial score (nSPS) is 11.6. The molecular weight excluding hydrogens is 197 g/mol. The minimum atomic E-state index is -4.09. The van der Waals surface area contributed by atoms with Crippen LogP contribution in [0.3, 0.4) is 0 Å². The Balaban J connectivity index is 0. The second-order valence-electron chi connectivity index (χ2n) is 3.38. The third-order valence-corrected chi connectivity index (χ3v) is 0.837. The highest BCUT2D eigenvalue weighted by molar-refractivity contribution is 4.48. The summed E-state index contributed by atoms with van der Waals surface area (Å²) in [6.45, 7) is 6.62. The van der Waals surface area contributed by atoms with Gasteiger partial charge in [0.1, 0.15) is 0 Å². The summed E-state index contributed by atoms with van der Waals surface area (Å²) in [6, 6.07) is 0. The van der Waals surface area contributed by atoms with Gasteiger partial charge in [0, 0.05) is 6.10 Å². The zero-order valence-electron chi connectivity index (χ0n) is 9.06. The maximum absolute atomic E-state index is 11.4. The number of hydrogen-bond acceptors (Lipinski definition) is 2. The van der Waals surface area contributed by atoms with Crippen LogP contribution in [0.15, 0.2) is 0 Å². The predicted molar refractivity (Wildman–Crippen MR) is 49.1 cm³/mol. The average Bonchev–Trinajstić information content (AvgIpc) is 1.80. The number of aliphatic hydroxyl groups excluding tert-OH is 1. The Bertz CT molecular complexity index is 119. The molecule has 0 aliphatic heterocycles. The van der Waals surface area contributed by atoms with Crippen LogP contribution in [-0.4, -0.2) is 30.1 Å². The number of ether oxygens (including phenoxy) is 1. The van der Waals surface area contributed by atoms with Gasteiger partial charge in [-0.1, -0.05) is 0 Å². The van der Waals surface area contributed by atoms with Gasteiger partial charge in [-0.05, 0) is 27.7 Å². The van der Waals surface area contributed by atoms with Gasteiger partial charge in [-0.2, -0.15) is 13.2 Å². The summed E-state index contributed by atoms with van der Waals surface area (Å²) in [4.78, 5) is 0. The molecule has 0 saturated heterocycles. The number of aliphatic hydroxyl groups is 1. The van der Waals surface area contributed by atoms with Crippen molar-refractivity contribution >= 4 is 0 Å². The van der Waals surface area contributed by atoms with Gasteiger partial charge >= 0.3 is 6.18 Å². The van der Waals surface area contributed by atoms with Crippen LogP contribution in [0.5, 0.6) is 0 Å². The SMILES string of the molecule is CC(C)O.CC(C)OCCC(F)(F)F. The Morgan fingerprint density at radius 3 is 1.71 bits per heavy atom. The van der Waals surface area contributed by atoms with Gasteiger partial charge in [-0.15, -0.1) is 0 Å². The molecule has 0 aliphatic rings. The molecule has 0 fully saturated rings. The van der Waals surface area contributed by atoms with E-state index in [-0.39, 0.29) is 18.8 Å². The molecule has 0 rings (SSSR count). The number of hydrogen-bond donors (Lipinski definition) is 1. The summed E-state index contributed by atoms with van der Waals surface area (Å²) in [5.74, 6) is 0. The van der Waals surface area contributed by atoms with Crippen molar-refractivity contribution in [1.29, 1.82) is 0 Å². The molecule has 0 aromatic rings. The van der Waals surface area contributed by atoms with Crippen LogP contribution in [0, 0.1) is 0 Å². The van der Waals surface area contributed by atoms with E-state index in [1.165, 1.54) is 0 Å². The topological polar surface area (TPSA) is 29.5 Å². The summed E-state index contributed by atoms with van der Waals surface area (Å²) in [6.07, 6.45) is -5.23. The molecule has 0 amide bonds. The van der Waals surface area contributed by atoms with Crippen LogP contribution in [0.25, 0.3) is 0 Å². The lowest BCUT2D eigenvalue weighted by Gasteiger charge is -2.08. The minimum Gasteiger partial charge on any atom is -0.394 e. The number of rotatable bonds is 3. The van der Waals surface area contributed by atoms with Crippen LogP contribution >= 0.6 is 0 Å². The zero-order chi connectivity index (χ0) is 11.8. The summed E-state index contributed by atoms with van der Waals surface area (Å²) >= 11 is 0. The molecule has 14 heavy (non-hydrogen) atoms. The molecule has 5 heteroatoms. The van der Waals surface area contributed by atoms with E-state index in [4.69, 9.17) is 9.84 Å². The standard InChI is InChI=1S/C6H11F3O.C3H8O/c1-5(2)10-4-3-6(7,8)9;1-3(2)4/h5H,3-4H2,1-2H3;3-4H,1-2H3. The molecule has 0 heterocycles. The first-order valence-corrected chi connectivity index (χ1v) is 4.51. The van der Waals surface area contributed by atoms with E-state index in [2.05, 4.69) is 0 Å². The van der Waals surface area contributed by atoms with Crippen molar-refractivity contribution in [2.24, 2.45) is 0 Å². The second kappa shape index (κ2) is 8.05. The lowest BCUT2D eigenvalue weighted by atomic mass is 10.4. The Kier molecular flexibility index (Phi) is 9.29. The first-order valence-electron chi connectivity index (χ1n) is 4.51. The molecule has 1 N–H and O–H groups in total. The fourth-order valence-corrected chi connectivity index (χ4v) is 0.410. The van der Waals surface area contributed by atoms with Crippen LogP contribution < -0.4 is 0 Å². The van der Waals surface area contributed by atoms with Crippen molar-refractivity contribution in [1.82, 2.24) is 0 Å². The van der Waals surface area contributed by atoms with Gasteiger partial charge in [0.2, 0.25) is 0 Å². The zero-order valence-corrected chi connectivity index (χ0v) is 9.06. The van der Waals surface area contributed by atoms with Crippen LogP contribution in [0.1, 0.15) is 34.1 Å². The number of alkyl halides is 3. The Morgan fingerprint density at radius 1 is 1.14 bits per heavy atom. The summed E-state index contributed by atoms with van der Waals surface area (Å²) in [5.41, 5.74) is 0. The molecular formula is C9H19F3O2. The molecule has 0 atom stereocenters. The van der Waals surface area contributed by atoms with Crippen LogP contribution in [0.4, 0.5) is 13.2 Å². The van der Waals surface area contributed by atoms with Crippen molar-refractivity contribution < 1.29 is 23.0 Å². The van der Waals surface area contributed by atoms with E-state index in [0.717, 1.165) is 0 Å². The molecule has 0 unspecified atom stereocenters. The van der Waals surface area contributed by atoms with E-state index >= 15 is 0 Å². The first kappa shape index (κ1) is 16.2. The van der Waals surface area contributed by atoms with Gasteiger partial charge < -0.3 is 9.84 Å². The fourth-order valence-electron chi connectivity index (χ4n) is 0.410. The molecule has 0 aromatic carbocycles. The monoisotopic (exact) mass is 216 g/mol. The molecule has 2 nitrogen and oxygen atoms in total. The van der Waals surface area contributed by atoms with Crippen LogP contribution in [-0.2, 0) is 4.74 Å². The maximum atomic E-state index is 11.4. The predicted octanol–water partition coefficient (Wildman–Crippen LogP) is 2.75. The second-order valence-corrected chi connectivity index (χ2v) is 3.38. The minimum absolute atomic E-state index is 0.123. The van der Waals surface area contributed by atoms with Crippen LogP contribution in [0.2, 0.25) is 0 Å². The van der Waals surface area contributed by atoms with E-state index in [9.17, 15) is 13.2 Å². The van der Waals surface area contributed by atoms with E-state index in [1.54, 1.807) is 27.7 Å². The third kappa shape index (κ3) is 29.8. The van der Waals surface area contributed by atoms with E-state index in [1.807, 2.05) is 0 Å². The highest BCUT2D eigenvalue weighted by atomic mass is 19.4. The van der Waals surface area contributed by atoms with Crippen molar-refractivity contribution in [3.8, 4) is 0 Å². The van der Waals surface area contributed by atoms with E-state index < -0.39 is 12.6 Å². The van der Waals surface area contributed by atoms with Gasteiger partial charge in [0.15, 0.2) is 0 Å². The van der Waals surface area contributed by atoms with Gasteiger partial charge in [-0.25, -0.2) is 0 Å². The van der Waals surface area contributed by atoms with Crippen molar-refractivity contribution in [3.63, 3.8) is 0 Å². The Morgan fingerprint density at radius 2 is 1.50 bits per heavy atom.